The zero-order valence-electron chi connectivity index (χ0n) is 15.4. The maximum Gasteiger partial charge on any atom is 0.573 e. The summed E-state index contributed by atoms with van der Waals surface area (Å²) in [6.45, 7) is 0.251. The number of aromatic amines is 1. The van der Waals surface area contributed by atoms with E-state index in [2.05, 4.69) is 30.0 Å². The van der Waals surface area contributed by atoms with Crippen molar-refractivity contribution in [3.8, 4) is 5.75 Å². The minimum atomic E-state index is -4.73. The number of hydrogen-bond donors (Lipinski definition) is 2. The lowest BCUT2D eigenvalue weighted by Crippen LogP contribution is -2.17. The van der Waals surface area contributed by atoms with Gasteiger partial charge in [-0.05, 0) is 34.9 Å². The summed E-state index contributed by atoms with van der Waals surface area (Å²) in [5, 5.41) is 4.48. The fourth-order valence-electron chi connectivity index (χ4n) is 2.97. The van der Waals surface area contributed by atoms with Crippen molar-refractivity contribution < 1.29 is 17.9 Å². The van der Waals surface area contributed by atoms with Gasteiger partial charge in [0, 0.05) is 43.1 Å². The van der Waals surface area contributed by atoms with Gasteiger partial charge in [-0.2, -0.15) is 0 Å². The van der Waals surface area contributed by atoms with E-state index < -0.39 is 6.36 Å². The van der Waals surface area contributed by atoms with Gasteiger partial charge < -0.3 is 15.0 Å². The van der Waals surface area contributed by atoms with Gasteiger partial charge in [-0.1, -0.05) is 23.7 Å². The molecule has 0 aliphatic rings. The van der Waals surface area contributed by atoms with E-state index in [1.165, 1.54) is 18.2 Å². The van der Waals surface area contributed by atoms with Crippen molar-refractivity contribution in [2.24, 2.45) is 0 Å². The molecule has 6 nitrogen and oxygen atoms in total. The van der Waals surface area contributed by atoms with Crippen LogP contribution in [0.5, 0.6) is 5.75 Å². The van der Waals surface area contributed by atoms with Crippen LogP contribution < -0.4 is 10.1 Å². The highest BCUT2D eigenvalue weighted by Gasteiger charge is 2.31. The van der Waals surface area contributed by atoms with Gasteiger partial charge >= 0.3 is 6.36 Å². The molecular formula is C20H15ClF3N5O. The van der Waals surface area contributed by atoms with Crippen LogP contribution in [0.25, 0.3) is 11.0 Å². The number of fused-ring (bicyclic) bond motifs is 1. The topological polar surface area (TPSA) is 75.7 Å². The summed E-state index contributed by atoms with van der Waals surface area (Å²) < 4.78 is 40.9. The Labute approximate surface area is 174 Å². The largest absolute Gasteiger partial charge is 0.573 e. The Morgan fingerprint density at radius 2 is 1.83 bits per heavy atom. The quantitative estimate of drug-likeness (QED) is 0.442. The van der Waals surface area contributed by atoms with Gasteiger partial charge in [0.25, 0.3) is 0 Å². The van der Waals surface area contributed by atoms with Crippen LogP contribution in [0.4, 0.5) is 19.1 Å². The highest BCUT2D eigenvalue weighted by Crippen LogP contribution is 2.24. The molecule has 0 aliphatic carbocycles. The normalized spacial score (nSPS) is 11.6. The number of anilines is 1. The maximum atomic E-state index is 12.3. The monoisotopic (exact) mass is 433 g/mol. The third kappa shape index (κ3) is 4.98. The van der Waals surface area contributed by atoms with Gasteiger partial charge in [0.05, 0.1) is 5.02 Å². The molecule has 2 N–H and O–H groups in total. The van der Waals surface area contributed by atoms with Gasteiger partial charge in [-0.15, -0.1) is 13.2 Å². The van der Waals surface area contributed by atoms with Crippen molar-refractivity contribution in [3.05, 3.63) is 76.8 Å². The number of pyridine rings is 1. The maximum absolute atomic E-state index is 12.3. The van der Waals surface area contributed by atoms with Crippen LogP contribution in [0.2, 0.25) is 5.02 Å². The molecule has 0 unspecified atom stereocenters. The van der Waals surface area contributed by atoms with Crippen molar-refractivity contribution in [2.45, 2.75) is 19.3 Å². The van der Waals surface area contributed by atoms with Gasteiger partial charge in [-0.25, -0.2) is 15.0 Å². The second-order valence-corrected chi connectivity index (χ2v) is 6.94. The SMILES string of the molecule is FC(F)(F)Oc1cccc(CNc2ncc(Cc3c[nH]c4ncc(Cl)cc34)cn2)c1. The minimum Gasteiger partial charge on any atom is -0.406 e. The summed E-state index contributed by atoms with van der Waals surface area (Å²) in [7, 11) is 0. The molecule has 4 aromatic rings. The number of nitrogens with one attached hydrogen (secondary N) is 2. The number of alkyl halides is 3. The molecule has 0 saturated carbocycles. The Balaban J connectivity index is 1.39. The lowest BCUT2D eigenvalue weighted by Gasteiger charge is -2.10. The number of benzene rings is 1. The van der Waals surface area contributed by atoms with E-state index in [0.717, 1.165) is 22.2 Å². The fourth-order valence-corrected chi connectivity index (χ4v) is 3.13. The summed E-state index contributed by atoms with van der Waals surface area (Å²) >= 11 is 6.03. The molecule has 0 fully saturated rings. The molecule has 0 saturated heterocycles. The molecule has 3 aromatic heterocycles. The van der Waals surface area contributed by atoms with Crippen LogP contribution in [0, 0.1) is 0 Å². The van der Waals surface area contributed by atoms with Crippen molar-refractivity contribution in [1.82, 2.24) is 19.9 Å². The number of hydrogen-bond acceptors (Lipinski definition) is 5. The lowest BCUT2D eigenvalue weighted by molar-refractivity contribution is -0.274. The van der Waals surface area contributed by atoms with Gasteiger partial charge in [0.1, 0.15) is 11.4 Å². The molecule has 154 valence electrons. The number of halogens is 4. The van der Waals surface area contributed by atoms with Crippen molar-refractivity contribution in [2.75, 3.05) is 5.32 Å². The van der Waals surface area contributed by atoms with Gasteiger partial charge in [0.15, 0.2) is 0 Å². The summed E-state index contributed by atoms with van der Waals surface area (Å²) in [4.78, 5) is 15.9. The van der Waals surface area contributed by atoms with E-state index in [1.54, 1.807) is 24.7 Å². The van der Waals surface area contributed by atoms with Crippen LogP contribution >= 0.6 is 11.6 Å². The van der Waals surface area contributed by atoms with Gasteiger partial charge in [0.2, 0.25) is 5.95 Å². The average Bonchev–Trinajstić information content (AvgIpc) is 3.08. The third-order valence-corrected chi connectivity index (χ3v) is 4.47. The van der Waals surface area contributed by atoms with E-state index in [-0.39, 0.29) is 12.3 Å². The Hall–Kier alpha value is -3.33. The Bertz CT molecular complexity index is 1160. The molecule has 0 spiro atoms. The van der Waals surface area contributed by atoms with Crippen LogP contribution in [-0.4, -0.2) is 26.3 Å². The number of nitrogens with zero attached hydrogens (tertiary/aromatic N) is 3. The molecule has 0 amide bonds. The van der Waals surface area contributed by atoms with E-state index in [4.69, 9.17) is 11.6 Å². The zero-order valence-corrected chi connectivity index (χ0v) is 16.1. The lowest BCUT2D eigenvalue weighted by atomic mass is 10.1. The van der Waals surface area contributed by atoms with Crippen LogP contribution in [-0.2, 0) is 13.0 Å². The summed E-state index contributed by atoms with van der Waals surface area (Å²) in [6, 6.07) is 7.58. The zero-order chi connectivity index (χ0) is 21.1. The molecule has 0 atom stereocenters. The molecular weight excluding hydrogens is 419 g/mol. The van der Waals surface area contributed by atoms with Crippen LogP contribution in [0.3, 0.4) is 0 Å². The summed E-state index contributed by atoms with van der Waals surface area (Å²) in [6.07, 6.45) is 2.70. The number of aromatic nitrogens is 4. The smallest absolute Gasteiger partial charge is 0.406 e. The first kappa shape index (κ1) is 20.0. The Morgan fingerprint density at radius 3 is 2.60 bits per heavy atom. The molecule has 3 heterocycles. The summed E-state index contributed by atoms with van der Waals surface area (Å²) in [5.41, 5.74) is 3.27. The van der Waals surface area contributed by atoms with Crippen molar-refractivity contribution in [3.63, 3.8) is 0 Å². The minimum absolute atomic E-state index is 0.251. The predicted molar refractivity (Wildman–Crippen MR) is 106 cm³/mol. The Kier molecular flexibility index (Phi) is 5.45. The predicted octanol–water partition coefficient (Wildman–Crippen LogP) is 5.11. The molecule has 0 radical (unpaired) electrons. The molecule has 1 aromatic carbocycles. The second kappa shape index (κ2) is 8.19. The first-order valence-electron chi connectivity index (χ1n) is 8.87. The standard InChI is InChI=1S/C20H15ClF3N5O/c21-15-6-17-14(10-25-18(17)26-11-15)4-13-8-28-19(29-9-13)27-7-12-2-1-3-16(5-12)30-20(22,23)24/h1-3,5-6,8-11H,4,7H2,(H,25,26)(H,27,28,29). The first-order chi connectivity index (χ1) is 14.4. The van der Waals surface area contributed by atoms with Gasteiger partial charge in [-0.3, -0.25) is 0 Å². The second-order valence-electron chi connectivity index (χ2n) is 6.50. The van der Waals surface area contributed by atoms with E-state index in [0.29, 0.717) is 23.0 Å². The molecule has 0 aliphatic heterocycles. The van der Waals surface area contributed by atoms with Crippen LogP contribution in [0.1, 0.15) is 16.7 Å². The molecule has 10 heteroatoms. The highest BCUT2D eigenvalue weighted by atomic mass is 35.5. The molecule has 0 bridgehead atoms. The van der Waals surface area contributed by atoms with E-state index in [9.17, 15) is 13.2 Å². The summed E-state index contributed by atoms with van der Waals surface area (Å²) in [5.74, 6) is 0.0934. The highest BCUT2D eigenvalue weighted by molar-refractivity contribution is 6.31. The van der Waals surface area contributed by atoms with E-state index in [1.807, 2.05) is 12.3 Å². The number of rotatable bonds is 6. The fraction of sp³-hybridized carbons (Fsp3) is 0.150. The number of ether oxygens (including phenoxy) is 1. The number of H-pyrrole nitrogens is 1. The molecule has 30 heavy (non-hydrogen) atoms. The third-order valence-electron chi connectivity index (χ3n) is 4.27. The van der Waals surface area contributed by atoms with Crippen molar-refractivity contribution in [1.29, 1.82) is 0 Å². The molecule has 4 rings (SSSR count). The van der Waals surface area contributed by atoms with Crippen molar-refractivity contribution >= 4 is 28.6 Å². The van der Waals surface area contributed by atoms with E-state index >= 15 is 0 Å². The van der Waals surface area contributed by atoms with Crippen LogP contribution in [0.15, 0.2) is 55.1 Å². The first-order valence-corrected chi connectivity index (χ1v) is 9.24. The average molecular weight is 434 g/mol. The Morgan fingerprint density at radius 1 is 1.03 bits per heavy atom.